The van der Waals surface area contributed by atoms with Crippen molar-refractivity contribution in [2.75, 3.05) is 5.32 Å². The highest BCUT2D eigenvalue weighted by Gasteiger charge is 2.12. The predicted octanol–water partition coefficient (Wildman–Crippen LogP) is 2.46. The van der Waals surface area contributed by atoms with E-state index in [-0.39, 0.29) is 17.9 Å². The van der Waals surface area contributed by atoms with Gasteiger partial charge >= 0.3 is 0 Å². The van der Waals surface area contributed by atoms with Crippen molar-refractivity contribution in [3.63, 3.8) is 0 Å². The number of halogens is 1. The molecule has 3 aromatic rings. The van der Waals surface area contributed by atoms with E-state index in [0.29, 0.717) is 11.3 Å². The Hall–Kier alpha value is -3.06. The van der Waals surface area contributed by atoms with Crippen molar-refractivity contribution in [2.45, 2.75) is 13.5 Å². The Bertz CT molecular complexity index is 878. The van der Waals surface area contributed by atoms with Gasteiger partial charge in [0.25, 0.3) is 5.91 Å². The van der Waals surface area contributed by atoms with Crippen LogP contribution in [0.4, 0.5) is 10.1 Å². The Labute approximate surface area is 137 Å². The minimum atomic E-state index is -0.575. The average Bonchev–Trinajstić information content (AvgIpc) is 3.11. The van der Waals surface area contributed by atoms with Crippen LogP contribution in [0.3, 0.4) is 0 Å². The SMILES string of the molecule is Cc1ccc(CO)cc1NC(=O)c1ccc(-n2cncn2)c(F)c1. The molecule has 2 aromatic carbocycles. The number of anilines is 1. The first-order valence-corrected chi connectivity index (χ1v) is 7.25. The van der Waals surface area contributed by atoms with E-state index in [1.165, 1.54) is 29.5 Å². The monoisotopic (exact) mass is 326 g/mol. The van der Waals surface area contributed by atoms with Gasteiger partial charge in [0.15, 0.2) is 0 Å². The number of aliphatic hydroxyl groups excluding tert-OH is 1. The van der Waals surface area contributed by atoms with Crippen LogP contribution < -0.4 is 5.32 Å². The Morgan fingerprint density at radius 3 is 2.79 bits per heavy atom. The summed E-state index contributed by atoms with van der Waals surface area (Å²) in [4.78, 5) is 16.1. The predicted molar refractivity (Wildman–Crippen MR) is 86.4 cm³/mol. The van der Waals surface area contributed by atoms with E-state index >= 15 is 0 Å². The first-order valence-electron chi connectivity index (χ1n) is 7.25. The number of nitrogens with one attached hydrogen (secondary N) is 1. The Morgan fingerprint density at radius 1 is 1.29 bits per heavy atom. The van der Waals surface area contributed by atoms with Crippen LogP contribution in [0.5, 0.6) is 0 Å². The molecular formula is C17H15FN4O2. The molecule has 1 amide bonds. The number of benzene rings is 2. The van der Waals surface area contributed by atoms with E-state index in [9.17, 15) is 14.3 Å². The Balaban J connectivity index is 1.84. The molecule has 3 rings (SSSR count). The third kappa shape index (κ3) is 3.16. The number of aryl methyl sites for hydroxylation is 1. The molecule has 0 saturated carbocycles. The van der Waals surface area contributed by atoms with Gasteiger partial charge < -0.3 is 10.4 Å². The molecule has 0 radical (unpaired) electrons. The number of carbonyl (C=O) groups excluding carboxylic acids is 1. The minimum absolute atomic E-state index is 0.121. The molecule has 0 saturated heterocycles. The molecular weight excluding hydrogens is 311 g/mol. The summed E-state index contributed by atoms with van der Waals surface area (Å²) in [6.45, 7) is 1.72. The maximum Gasteiger partial charge on any atom is 0.255 e. The van der Waals surface area contributed by atoms with Gasteiger partial charge in [-0.2, -0.15) is 5.10 Å². The quantitative estimate of drug-likeness (QED) is 0.772. The van der Waals surface area contributed by atoms with Crippen LogP contribution in [-0.4, -0.2) is 25.8 Å². The van der Waals surface area contributed by atoms with Crippen LogP contribution in [0.15, 0.2) is 49.1 Å². The fourth-order valence-electron chi connectivity index (χ4n) is 2.26. The average molecular weight is 326 g/mol. The number of hydrogen-bond donors (Lipinski definition) is 2. The van der Waals surface area contributed by atoms with Crippen molar-refractivity contribution in [1.82, 2.24) is 14.8 Å². The van der Waals surface area contributed by atoms with Gasteiger partial charge in [0, 0.05) is 11.3 Å². The molecule has 0 aliphatic carbocycles. The summed E-state index contributed by atoms with van der Waals surface area (Å²) in [6.07, 6.45) is 2.68. The fourth-order valence-corrected chi connectivity index (χ4v) is 2.26. The van der Waals surface area contributed by atoms with Gasteiger partial charge in [0.05, 0.1) is 6.61 Å². The van der Waals surface area contributed by atoms with Crippen LogP contribution in [0, 0.1) is 12.7 Å². The molecule has 122 valence electrons. The molecule has 0 atom stereocenters. The third-order valence-corrected chi connectivity index (χ3v) is 3.61. The van der Waals surface area contributed by atoms with Gasteiger partial charge in [-0.15, -0.1) is 0 Å². The lowest BCUT2D eigenvalue weighted by molar-refractivity contribution is 0.102. The number of aromatic nitrogens is 3. The number of hydrogen-bond acceptors (Lipinski definition) is 4. The largest absolute Gasteiger partial charge is 0.392 e. The van der Waals surface area contributed by atoms with Gasteiger partial charge in [0.1, 0.15) is 24.2 Å². The van der Waals surface area contributed by atoms with E-state index < -0.39 is 11.7 Å². The van der Waals surface area contributed by atoms with E-state index in [4.69, 9.17) is 0 Å². The summed E-state index contributed by atoms with van der Waals surface area (Å²) in [5.74, 6) is -1.01. The molecule has 0 fully saturated rings. The lowest BCUT2D eigenvalue weighted by Crippen LogP contribution is -2.14. The second kappa shape index (κ2) is 6.59. The molecule has 2 N–H and O–H groups in total. The summed E-state index contributed by atoms with van der Waals surface area (Å²) in [6, 6.07) is 9.40. The van der Waals surface area contributed by atoms with Gasteiger partial charge in [-0.05, 0) is 42.3 Å². The minimum Gasteiger partial charge on any atom is -0.392 e. The normalized spacial score (nSPS) is 10.6. The highest BCUT2D eigenvalue weighted by atomic mass is 19.1. The van der Waals surface area contributed by atoms with Crippen LogP contribution in [0.25, 0.3) is 5.69 Å². The molecule has 0 aliphatic rings. The van der Waals surface area contributed by atoms with Crippen molar-refractivity contribution in [1.29, 1.82) is 0 Å². The van der Waals surface area contributed by atoms with E-state index in [0.717, 1.165) is 11.6 Å². The van der Waals surface area contributed by atoms with Crippen molar-refractivity contribution >= 4 is 11.6 Å². The second-order valence-electron chi connectivity index (χ2n) is 5.27. The molecule has 0 bridgehead atoms. The first-order chi connectivity index (χ1) is 11.6. The number of rotatable bonds is 4. The lowest BCUT2D eigenvalue weighted by atomic mass is 10.1. The summed E-state index contributed by atoms with van der Waals surface area (Å²) in [5.41, 5.74) is 2.50. The van der Waals surface area contributed by atoms with Crippen LogP contribution >= 0.6 is 0 Å². The summed E-state index contributed by atoms with van der Waals surface area (Å²) >= 11 is 0. The fraction of sp³-hybridized carbons (Fsp3) is 0.118. The number of nitrogens with zero attached hydrogens (tertiary/aromatic N) is 3. The summed E-state index contributed by atoms with van der Waals surface area (Å²) < 4.78 is 15.5. The summed E-state index contributed by atoms with van der Waals surface area (Å²) in [7, 11) is 0. The molecule has 0 unspecified atom stereocenters. The van der Waals surface area contributed by atoms with Crippen molar-refractivity contribution < 1.29 is 14.3 Å². The summed E-state index contributed by atoms with van der Waals surface area (Å²) in [5, 5.41) is 15.8. The maximum atomic E-state index is 14.2. The molecule has 0 spiro atoms. The highest BCUT2D eigenvalue weighted by molar-refractivity contribution is 6.04. The molecule has 1 heterocycles. The molecule has 24 heavy (non-hydrogen) atoms. The lowest BCUT2D eigenvalue weighted by Gasteiger charge is -2.11. The van der Waals surface area contributed by atoms with Crippen LogP contribution in [0.1, 0.15) is 21.5 Å². The number of aliphatic hydroxyl groups is 1. The molecule has 1 aromatic heterocycles. The standard InChI is InChI=1S/C17H15FN4O2/c1-11-2-3-12(8-23)6-15(11)21-17(24)13-4-5-16(14(18)7-13)22-10-19-9-20-22/h2-7,9-10,23H,8H2,1H3,(H,21,24). The van der Waals surface area contributed by atoms with Gasteiger partial charge in [-0.3, -0.25) is 4.79 Å². The smallest absolute Gasteiger partial charge is 0.255 e. The van der Waals surface area contributed by atoms with E-state index in [1.807, 2.05) is 6.92 Å². The molecule has 6 nitrogen and oxygen atoms in total. The van der Waals surface area contributed by atoms with Gasteiger partial charge in [0.2, 0.25) is 0 Å². The van der Waals surface area contributed by atoms with Gasteiger partial charge in [-0.25, -0.2) is 14.1 Å². The van der Waals surface area contributed by atoms with Crippen molar-refractivity contribution in [3.8, 4) is 5.69 Å². The zero-order valence-electron chi connectivity index (χ0n) is 12.9. The molecule has 0 aliphatic heterocycles. The van der Waals surface area contributed by atoms with Crippen LogP contribution in [0.2, 0.25) is 0 Å². The van der Waals surface area contributed by atoms with Crippen molar-refractivity contribution in [3.05, 3.63) is 71.6 Å². The number of amides is 1. The topological polar surface area (TPSA) is 80.0 Å². The maximum absolute atomic E-state index is 14.2. The van der Waals surface area contributed by atoms with Crippen molar-refractivity contribution in [2.24, 2.45) is 0 Å². The Morgan fingerprint density at radius 2 is 2.12 bits per heavy atom. The van der Waals surface area contributed by atoms with Crippen LogP contribution in [-0.2, 0) is 6.61 Å². The third-order valence-electron chi connectivity index (χ3n) is 3.61. The number of carbonyl (C=O) groups is 1. The highest BCUT2D eigenvalue weighted by Crippen LogP contribution is 2.19. The zero-order chi connectivity index (χ0) is 17.1. The van der Waals surface area contributed by atoms with Gasteiger partial charge in [-0.1, -0.05) is 12.1 Å². The molecule has 7 heteroatoms. The second-order valence-corrected chi connectivity index (χ2v) is 5.27. The Kier molecular flexibility index (Phi) is 4.35. The first kappa shape index (κ1) is 15.8. The van der Waals surface area contributed by atoms with E-state index in [1.54, 1.807) is 18.2 Å². The van der Waals surface area contributed by atoms with E-state index in [2.05, 4.69) is 15.4 Å². The zero-order valence-corrected chi connectivity index (χ0v) is 12.9.